The molecule has 0 unspecified atom stereocenters. The van der Waals surface area contributed by atoms with Gasteiger partial charge >= 0.3 is 6.09 Å². The van der Waals surface area contributed by atoms with E-state index in [2.05, 4.69) is 14.9 Å². The maximum atomic E-state index is 13.5. The second-order valence-electron chi connectivity index (χ2n) is 7.52. The number of benzene rings is 1. The van der Waals surface area contributed by atoms with Crippen LogP contribution >= 0.6 is 0 Å². The highest BCUT2D eigenvalue weighted by Crippen LogP contribution is 2.33. The molecule has 1 aromatic carbocycles. The van der Waals surface area contributed by atoms with Crippen LogP contribution in [0, 0.1) is 11.7 Å². The Morgan fingerprint density at radius 3 is 2.79 bits per heavy atom. The summed E-state index contributed by atoms with van der Waals surface area (Å²) < 4.78 is 20.9. The minimum atomic E-state index is -0.554. The van der Waals surface area contributed by atoms with Crippen LogP contribution in [0.5, 0.6) is 0 Å². The van der Waals surface area contributed by atoms with Crippen molar-refractivity contribution >= 4 is 17.1 Å². The van der Waals surface area contributed by atoms with Crippen LogP contribution in [0.2, 0.25) is 0 Å². The zero-order valence-electron chi connectivity index (χ0n) is 14.6. The van der Waals surface area contributed by atoms with Crippen molar-refractivity contribution in [2.45, 2.75) is 58.7 Å². The monoisotopic (exact) mass is 333 g/mol. The van der Waals surface area contributed by atoms with Crippen molar-refractivity contribution in [3.63, 3.8) is 0 Å². The third-order valence-electron chi connectivity index (χ3n) is 4.00. The van der Waals surface area contributed by atoms with Crippen LogP contribution in [-0.2, 0) is 11.3 Å². The average molecular weight is 333 g/mol. The minimum absolute atomic E-state index is 0.308. The van der Waals surface area contributed by atoms with Crippen molar-refractivity contribution in [2.75, 3.05) is 0 Å². The number of fused-ring (bicyclic) bond motifs is 1. The van der Waals surface area contributed by atoms with Gasteiger partial charge in [0.1, 0.15) is 17.2 Å². The molecule has 1 aliphatic carbocycles. The Kier molecular flexibility index (Phi) is 4.24. The molecular formula is C18H24FN3O2. The van der Waals surface area contributed by atoms with Gasteiger partial charge in [-0.25, -0.2) is 14.2 Å². The number of hydrogen-bond donors (Lipinski definition) is 1. The van der Waals surface area contributed by atoms with Gasteiger partial charge in [-0.15, -0.1) is 0 Å². The van der Waals surface area contributed by atoms with E-state index < -0.39 is 11.7 Å². The fourth-order valence-electron chi connectivity index (χ4n) is 2.75. The van der Waals surface area contributed by atoms with Crippen LogP contribution in [-0.4, -0.2) is 21.2 Å². The number of nitrogens with one attached hydrogen (secondary N) is 1. The van der Waals surface area contributed by atoms with Gasteiger partial charge in [-0.1, -0.05) is 0 Å². The topological polar surface area (TPSA) is 56.1 Å². The predicted molar refractivity (Wildman–Crippen MR) is 90.2 cm³/mol. The van der Waals surface area contributed by atoms with E-state index in [9.17, 15) is 9.18 Å². The lowest BCUT2D eigenvalue weighted by atomic mass is 10.2. The van der Waals surface area contributed by atoms with Crippen LogP contribution in [0.1, 0.15) is 52.4 Å². The third kappa shape index (κ3) is 3.86. The zero-order chi connectivity index (χ0) is 17.5. The van der Waals surface area contributed by atoms with Gasteiger partial charge in [-0.05, 0) is 58.6 Å². The Bertz CT molecular complexity index is 759. The van der Waals surface area contributed by atoms with Crippen LogP contribution in [0.4, 0.5) is 9.18 Å². The van der Waals surface area contributed by atoms with E-state index in [1.807, 2.05) is 27.7 Å². The average Bonchev–Trinajstić information content (AvgIpc) is 3.18. The number of halogens is 1. The van der Waals surface area contributed by atoms with Crippen molar-refractivity contribution in [2.24, 2.45) is 5.92 Å². The second-order valence-corrected chi connectivity index (χ2v) is 7.52. The lowest BCUT2D eigenvalue weighted by Gasteiger charge is -2.22. The fourth-order valence-corrected chi connectivity index (χ4v) is 2.75. The molecule has 0 aliphatic heterocycles. The standard InChI is InChI=1S/C18H24FN3O2/c1-11(20-17(23)24-18(2,3)4)16-21-14-9-13(19)7-8-15(14)22(16)10-12-5-6-12/h7-9,11-12H,5-6,10H2,1-4H3,(H,20,23)/t11-/m0/s1. The van der Waals surface area contributed by atoms with E-state index >= 15 is 0 Å². The molecule has 2 aromatic rings. The van der Waals surface area contributed by atoms with Gasteiger partial charge in [0.15, 0.2) is 0 Å². The lowest BCUT2D eigenvalue weighted by molar-refractivity contribution is 0.0505. The molecule has 1 atom stereocenters. The number of aromatic nitrogens is 2. The summed E-state index contributed by atoms with van der Waals surface area (Å²) >= 11 is 0. The molecule has 3 rings (SSSR count). The molecule has 0 bridgehead atoms. The Morgan fingerprint density at radius 1 is 1.46 bits per heavy atom. The van der Waals surface area contributed by atoms with Crippen molar-refractivity contribution in [3.8, 4) is 0 Å². The van der Waals surface area contributed by atoms with Gasteiger partial charge < -0.3 is 14.6 Å². The highest BCUT2D eigenvalue weighted by Gasteiger charge is 2.27. The largest absolute Gasteiger partial charge is 0.444 e. The number of imidazole rings is 1. The molecule has 1 saturated carbocycles. The minimum Gasteiger partial charge on any atom is -0.444 e. The highest BCUT2D eigenvalue weighted by atomic mass is 19.1. The van der Waals surface area contributed by atoms with Gasteiger partial charge in [0, 0.05) is 12.6 Å². The molecule has 24 heavy (non-hydrogen) atoms. The number of rotatable bonds is 4. The fraction of sp³-hybridized carbons (Fsp3) is 0.556. The quantitative estimate of drug-likeness (QED) is 0.913. The van der Waals surface area contributed by atoms with Gasteiger partial charge in [0.05, 0.1) is 17.1 Å². The van der Waals surface area contributed by atoms with Crippen LogP contribution in [0.25, 0.3) is 11.0 Å². The Morgan fingerprint density at radius 2 is 2.17 bits per heavy atom. The summed E-state index contributed by atoms with van der Waals surface area (Å²) in [6.45, 7) is 8.18. The van der Waals surface area contributed by atoms with Crippen LogP contribution in [0.3, 0.4) is 0 Å². The van der Waals surface area contributed by atoms with Gasteiger partial charge in [-0.3, -0.25) is 0 Å². The Hall–Kier alpha value is -2.11. The van der Waals surface area contributed by atoms with E-state index in [1.54, 1.807) is 6.07 Å². The van der Waals surface area contributed by atoms with Crippen LogP contribution < -0.4 is 5.32 Å². The summed E-state index contributed by atoms with van der Waals surface area (Å²) in [6, 6.07) is 4.31. The van der Waals surface area contributed by atoms with Crippen molar-refractivity contribution in [3.05, 3.63) is 29.8 Å². The van der Waals surface area contributed by atoms with Gasteiger partial charge in [0.2, 0.25) is 0 Å². The normalized spacial score (nSPS) is 16.2. The number of hydrogen-bond acceptors (Lipinski definition) is 3. The van der Waals surface area contributed by atoms with E-state index in [4.69, 9.17) is 4.74 Å². The summed E-state index contributed by atoms with van der Waals surface area (Å²) in [5, 5.41) is 2.82. The van der Waals surface area contributed by atoms with Crippen LogP contribution in [0.15, 0.2) is 18.2 Å². The van der Waals surface area contributed by atoms with Crippen molar-refractivity contribution < 1.29 is 13.9 Å². The first kappa shape index (κ1) is 16.7. The van der Waals surface area contributed by atoms with E-state index in [0.29, 0.717) is 11.4 Å². The molecule has 1 N–H and O–H groups in total. The summed E-state index contributed by atoms with van der Waals surface area (Å²) in [7, 11) is 0. The molecule has 1 aliphatic rings. The number of carbonyl (C=O) groups is 1. The third-order valence-corrected chi connectivity index (χ3v) is 4.00. The zero-order valence-corrected chi connectivity index (χ0v) is 14.6. The maximum Gasteiger partial charge on any atom is 0.408 e. The Labute approximate surface area is 141 Å². The lowest BCUT2D eigenvalue weighted by Crippen LogP contribution is -2.35. The SMILES string of the molecule is C[C@H](NC(=O)OC(C)(C)C)c1nc2cc(F)ccc2n1CC1CC1. The number of alkyl carbamates (subject to hydrolysis) is 1. The molecule has 130 valence electrons. The molecule has 0 saturated heterocycles. The molecule has 1 heterocycles. The maximum absolute atomic E-state index is 13.5. The highest BCUT2D eigenvalue weighted by molar-refractivity contribution is 5.76. The van der Waals surface area contributed by atoms with Crippen molar-refractivity contribution in [1.82, 2.24) is 14.9 Å². The summed E-state index contributed by atoms with van der Waals surface area (Å²) in [5.74, 6) is 1.06. The molecule has 0 radical (unpaired) electrons. The predicted octanol–water partition coefficient (Wildman–Crippen LogP) is 4.17. The molecule has 1 fully saturated rings. The molecule has 1 aromatic heterocycles. The summed E-state index contributed by atoms with van der Waals surface area (Å²) in [6.07, 6.45) is 1.92. The number of ether oxygens (including phenoxy) is 1. The number of nitrogens with zero attached hydrogens (tertiary/aromatic N) is 2. The van der Waals surface area contributed by atoms with Crippen molar-refractivity contribution in [1.29, 1.82) is 0 Å². The number of carbonyl (C=O) groups excluding carboxylic acids is 1. The van der Waals surface area contributed by atoms with E-state index in [-0.39, 0.29) is 11.9 Å². The number of amides is 1. The van der Waals surface area contributed by atoms with E-state index in [1.165, 1.54) is 25.0 Å². The Balaban J connectivity index is 1.87. The van der Waals surface area contributed by atoms with Gasteiger partial charge in [-0.2, -0.15) is 0 Å². The molecule has 1 amide bonds. The van der Waals surface area contributed by atoms with E-state index in [0.717, 1.165) is 17.9 Å². The smallest absolute Gasteiger partial charge is 0.408 e. The molecule has 5 nitrogen and oxygen atoms in total. The first-order valence-corrected chi connectivity index (χ1v) is 8.38. The summed E-state index contributed by atoms with van der Waals surface area (Å²) in [5.41, 5.74) is 0.959. The van der Waals surface area contributed by atoms with Gasteiger partial charge in [0.25, 0.3) is 0 Å². The first-order valence-electron chi connectivity index (χ1n) is 8.38. The summed E-state index contributed by atoms with van der Waals surface area (Å²) in [4.78, 5) is 16.6. The second kappa shape index (κ2) is 6.07. The molecule has 0 spiro atoms. The molecular weight excluding hydrogens is 309 g/mol. The molecule has 6 heteroatoms. The first-order chi connectivity index (χ1) is 11.2.